The van der Waals surface area contributed by atoms with Crippen molar-refractivity contribution in [2.45, 2.75) is 31.6 Å². The van der Waals surface area contributed by atoms with Gasteiger partial charge in [-0.1, -0.05) is 6.42 Å². The summed E-state index contributed by atoms with van der Waals surface area (Å²) in [6, 6.07) is 0. The van der Waals surface area contributed by atoms with E-state index in [1.165, 1.54) is 0 Å². The van der Waals surface area contributed by atoms with Crippen molar-refractivity contribution >= 4 is 28.0 Å². The first-order valence-corrected chi connectivity index (χ1v) is 7.76. The summed E-state index contributed by atoms with van der Waals surface area (Å²) < 4.78 is 30.5. The average Bonchev–Trinajstić information content (AvgIpc) is 2.56. The van der Waals surface area contributed by atoms with Gasteiger partial charge in [0.1, 0.15) is 5.71 Å². The summed E-state index contributed by atoms with van der Waals surface area (Å²) in [7, 11) is -6.19. The fraction of sp³-hybridized carbons (Fsp3) is 0.750. The van der Waals surface area contributed by atoms with E-state index in [1.54, 1.807) is 0 Å². The molecule has 0 aromatic carbocycles. The number of hydrogen-bond acceptors (Lipinski definition) is 7. The summed E-state index contributed by atoms with van der Waals surface area (Å²) in [6.45, 7) is 0. The van der Waals surface area contributed by atoms with Crippen molar-refractivity contribution in [3.8, 4) is 0 Å². The minimum atomic E-state index is -3.10. The number of hydrogen-bond donors (Lipinski definition) is 3. The second kappa shape index (κ2) is 5.66. The summed E-state index contributed by atoms with van der Waals surface area (Å²) in [4.78, 5) is 29.4. The molecule has 106 valence electrons. The highest BCUT2D eigenvalue weighted by molar-refractivity contribution is 7.33. The van der Waals surface area contributed by atoms with Gasteiger partial charge >= 0.3 is 16.5 Å². The third kappa shape index (κ3) is 3.39. The molecule has 1 saturated carbocycles. The molecule has 0 aromatic heterocycles. The van der Waals surface area contributed by atoms with Gasteiger partial charge in [-0.25, -0.2) is 18.2 Å². The molecule has 2 aliphatic rings. The molecule has 0 saturated heterocycles. The summed E-state index contributed by atoms with van der Waals surface area (Å²) in [5, 5.41) is 3.69. The number of Topliss-reactive ketones (excluding diaryl/α,β-unsaturated/α-hetero) is 1. The minimum Gasteiger partial charge on any atom is -0.298 e. The lowest BCUT2D eigenvalue weighted by Crippen LogP contribution is -2.42. The molecule has 2 rings (SSSR count). The van der Waals surface area contributed by atoms with Gasteiger partial charge in [0, 0.05) is 5.92 Å². The zero-order valence-electron chi connectivity index (χ0n) is 9.68. The number of nitrogens with zero attached hydrogens (tertiary/aromatic N) is 1. The maximum Gasteiger partial charge on any atom is 0.370 e. The zero-order valence-corrected chi connectivity index (χ0v) is 11.5. The Morgan fingerprint density at radius 1 is 1.32 bits per heavy atom. The van der Waals surface area contributed by atoms with Crippen LogP contribution in [-0.4, -0.2) is 27.2 Å². The van der Waals surface area contributed by atoms with Gasteiger partial charge in [-0.05, 0) is 12.8 Å². The molecule has 19 heavy (non-hydrogen) atoms. The van der Waals surface area contributed by atoms with Gasteiger partial charge in [0.05, 0.1) is 6.42 Å². The largest absolute Gasteiger partial charge is 0.370 e. The highest BCUT2D eigenvalue weighted by atomic mass is 31.1. The Hall–Kier alpha value is -0.820. The molecular formula is C8H12N2O7P2. The van der Waals surface area contributed by atoms with Crippen molar-refractivity contribution in [1.82, 2.24) is 5.43 Å². The Balaban J connectivity index is 2.06. The summed E-state index contributed by atoms with van der Waals surface area (Å²) in [5.41, 5.74) is 2.28. The number of nitrogens with one attached hydrogen (secondary N) is 1. The van der Waals surface area contributed by atoms with Crippen LogP contribution in [0.3, 0.4) is 0 Å². The van der Waals surface area contributed by atoms with Gasteiger partial charge in [0.2, 0.25) is 0 Å². The van der Waals surface area contributed by atoms with Gasteiger partial charge in [-0.3, -0.25) is 20.0 Å². The van der Waals surface area contributed by atoms with Crippen LogP contribution in [0.4, 0.5) is 0 Å². The molecule has 11 heteroatoms. The fourth-order valence-corrected chi connectivity index (χ4v) is 2.72. The van der Waals surface area contributed by atoms with E-state index in [0.29, 0.717) is 0 Å². The van der Waals surface area contributed by atoms with Crippen molar-refractivity contribution in [2.75, 3.05) is 0 Å². The molecule has 1 aliphatic carbocycles. The minimum absolute atomic E-state index is 0.0819. The molecule has 0 bridgehead atoms. The highest BCUT2D eigenvalue weighted by Gasteiger charge is 2.46. The van der Waals surface area contributed by atoms with E-state index in [1.807, 2.05) is 0 Å². The second-order valence-electron chi connectivity index (χ2n) is 4.25. The maximum atomic E-state index is 11.9. The van der Waals surface area contributed by atoms with Crippen LogP contribution in [0.5, 0.6) is 0 Å². The lowest BCUT2D eigenvalue weighted by Gasteiger charge is -2.25. The van der Waals surface area contributed by atoms with Gasteiger partial charge in [0.25, 0.3) is 5.91 Å². The van der Waals surface area contributed by atoms with Crippen LogP contribution in [0.2, 0.25) is 0 Å². The number of hydrazone groups is 1. The normalized spacial score (nSPS) is 28.2. The molecule has 2 atom stereocenters. The first-order valence-electron chi connectivity index (χ1n) is 5.50. The number of rotatable bonds is 6. The van der Waals surface area contributed by atoms with Crippen LogP contribution in [-0.2, 0) is 23.0 Å². The Labute approximate surface area is 109 Å². The molecule has 2 unspecified atom stereocenters. The first-order chi connectivity index (χ1) is 8.92. The standard InChI is InChI=1S/C8H12N2O7P2/c11-7(5-2-1-3-5)6-4-8(10-9-6,16-18(12)13)17-19(14)15/h5,10H,1-4H2,(H,12,13)(H,14,15). The van der Waals surface area contributed by atoms with E-state index in [2.05, 4.69) is 19.6 Å². The lowest BCUT2D eigenvalue weighted by atomic mass is 9.80. The van der Waals surface area contributed by atoms with E-state index < -0.39 is 22.4 Å². The van der Waals surface area contributed by atoms with E-state index in [-0.39, 0.29) is 23.8 Å². The molecule has 0 spiro atoms. The van der Waals surface area contributed by atoms with Crippen LogP contribution >= 0.6 is 16.5 Å². The Bertz CT molecular complexity index is 446. The van der Waals surface area contributed by atoms with Crippen molar-refractivity contribution in [2.24, 2.45) is 11.0 Å². The first kappa shape index (κ1) is 14.6. The fourth-order valence-electron chi connectivity index (χ4n) is 1.87. The van der Waals surface area contributed by atoms with E-state index in [4.69, 9.17) is 9.79 Å². The maximum absolute atomic E-state index is 11.9. The van der Waals surface area contributed by atoms with Crippen molar-refractivity contribution in [3.05, 3.63) is 0 Å². The Morgan fingerprint density at radius 3 is 2.32 bits per heavy atom. The van der Waals surface area contributed by atoms with E-state index in [0.717, 1.165) is 19.3 Å². The van der Waals surface area contributed by atoms with Gasteiger partial charge in [0.15, 0.2) is 5.78 Å². The Morgan fingerprint density at radius 2 is 1.89 bits per heavy atom. The molecule has 0 aromatic rings. The van der Waals surface area contributed by atoms with Gasteiger partial charge in [-0.2, -0.15) is 5.10 Å². The molecule has 1 aliphatic heterocycles. The smallest absolute Gasteiger partial charge is 0.298 e. The third-order valence-corrected chi connectivity index (χ3v) is 3.88. The monoisotopic (exact) mass is 310 g/mol. The van der Waals surface area contributed by atoms with Crippen LogP contribution in [0.25, 0.3) is 0 Å². The zero-order chi connectivity index (χ0) is 14.0. The van der Waals surface area contributed by atoms with Crippen LogP contribution < -0.4 is 5.43 Å². The number of carbonyl (C=O) groups is 1. The molecule has 2 radical (unpaired) electrons. The third-order valence-electron chi connectivity index (χ3n) is 2.97. The second-order valence-corrected chi connectivity index (χ2v) is 5.57. The van der Waals surface area contributed by atoms with Gasteiger partial charge in [-0.15, -0.1) is 0 Å². The summed E-state index contributed by atoms with van der Waals surface area (Å²) >= 11 is 0. The predicted octanol–water partition coefficient (Wildman–Crippen LogP) is 0.691. The van der Waals surface area contributed by atoms with Crippen molar-refractivity contribution in [1.29, 1.82) is 0 Å². The summed E-state index contributed by atoms with van der Waals surface area (Å²) in [6.07, 6.45) is 2.22. The van der Waals surface area contributed by atoms with Gasteiger partial charge < -0.3 is 0 Å². The Kier molecular flexibility index (Phi) is 4.35. The van der Waals surface area contributed by atoms with Crippen molar-refractivity contribution < 1.29 is 32.8 Å². The number of carbonyl (C=O) groups excluding carboxylic acids is 1. The summed E-state index contributed by atoms with van der Waals surface area (Å²) in [5.74, 6) is -2.35. The molecule has 1 fully saturated rings. The van der Waals surface area contributed by atoms with Crippen LogP contribution in [0.15, 0.2) is 5.10 Å². The quantitative estimate of drug-likeness (QED) is 0.482. The van der Waals surface area contributed by atoms with E-state index in [9.17, 15) is 13.9 Å². The number of ketones is 1. The molecule has 0 amide bonds. The molecule has 3 N–H and O–H groups in total. The SMILES string of the molecule is O=C(C1=NNC(O[P](=O)O)(O[P](=O)O)C1)C1CCC1. The van der Waals surface area contributed by atoms with Crippen LogP contribution in [0, 0.1) is 5.92 Å². The lowest BCUT2D eigenvalue weighted by molar-refractivity contribution is -0.130. The molecule has 1 heterocycles. The molecular weight excluding hydrogens is 298 g/mol. The predicted molar refractivity (Wildman–Crippen MR) is 62.1 cm³/mol. The van der Waals surface area contributed by atoms with Crippen molar-refractivity contribution in [3.63, 3.8) is 0 Å². The van der Waals surface area contributed by atoms with Crippen LogP contribution in [0.1, 0.15) is 25.7 Å². The highest BCUT2D eigenvalue weighted by Crippen LogP contribution is 2.38. The average molecular weight is 310 g/mol. The van der Waals surface area contributed by atoms with E-state index >= 15 is 0 Å². The topological polar surface area (TPSA) is 135 Å². The molecule has 9 nitrogen and oxygen atoms in total.